The molecule has 4 rings (SSSR count). The fourth-order valence-electron chi connectivity index (χ4n) is 4.59. The van der Waals surface area contributed by atoms with Crippen LogP contribution in [-0.2, 0) is 21.4 Å². The van der Waals surface area contributed by atoms with Gasteiger partial charge in [-0.15, -0.1) is 0 Å². The SMILES string of the molecule is CN(CCCNC(=O)Cc1ccc(C(C)(C)C)cc1)C[C@H]1O[C@@H](n2cnc3c(N)ccnc32)C(O)C1O. The Bertz CT molecular complexity index is 1210. The number of nitrogens with two attached hydrogens (primary N) is 1. The average Bonchev–Trinajstić information content (AvgIpc) is 3.39. The zero-order valence-corrected chi connectivity index (χ0v) is 22.0. The number of amides is 1. The van der Waals surface area contributed by atoms with E-state index in [-0.39, 0.29) is 11.3 Å². The summed E-state index contributed by atoms with van der Waals surface area (Å²) in [6.07, 6.45) is 0.591. The quantitative estimate of drug-likeness (QED) is 0.319. The normalized spacial score (nSPS) is 22.1. The van der Waals surface area contributed by atoms with Crippen LogP contribution in [0.5, 0.6) is 0 Å². The number of hydrogen-bond donors (Lipinski definition) is 4. The van der Waals surface area contributed by atoms with Gasteiger partial charge in [-0.3, -0.25) is 9.36 Å². The monoisotopic (exact) mass is 510 g/mol. The molecule has 10 nitrogen and oxygen atoms in total. The van der Waals surface area contributed by atoms with Crippen molar-refractivity contribution in [2.24, 2.45) is 0 Å². The predicted molar refractivity (Wildman–Crippen MR) is 142 cm³/mol. The standard InChI is InChI=1S/C27H38N6O4/c1-27(2,3)18-8-6-17(7-9-18)14-21(34)29-11-5-13-32(4)15-20-23(35)24(36)26(37-20)33-16-31-22-19(28)10-12-30-25(22)33/h6-10,12,16,20,23-24,26,35-36H,5,11,13-15H2,1-4H3,(H2,28,30)(H,29,34)/t20-,23?,24?,26-/m1/s1. The summed E-state index contributed by atoms with van der Waals surface area (Å²) in [6.45, 7) is 8.17. The van der Waals surface area contributed by atoms with Gasteiger partial charge < -0.3 is 30.9 Å². The van der Waals surface area contributed by atoms with Gasteiger partial charge in [-0.25, -0.2) is 9.97 Å². The smallest absolute Gasteiger partial charge is 0.224 e. The number of nitrogens with zero attached hydrogens (tertiary/aromatic N) is 4. The Hall–Kier alpha value is -3.05. The molecule has 5 N–H and O–H groups in total. The van der Waals surface area contributed by atoms with Gasteiger partial charge in [0.05, 0.1) is 18.4 Å². The highest BCUT2D eigenvalue weighted by atomic mass is 16.6. The minimum Gasteiger partial charge on any atom is -0.397 e. The summed E-state index contributed by atoms with van der Waals surface area (Å²) in [7, 11) is 1.92. The number of ether oxygens (including phenoxy) is 1. The molecule has 1 fully saturated rings. The van der Waals surface area contributed by atoms with Crippen LogP contribution in [-0.4, -0.2) is 80.5 Å². The van der Waals surface area contributed by atoms with E-state index in [2.05, 4.69) is 48.2 Å². The van der Waals surface area contributed by atoms with Crippen LogP contribution in [0.1, 0.15) is 44.5 Å². The third kappa shape index (κ3) is 6.27. The largest absolute Gasteiger partial charge is 0.397 e. The first kappa shape index (κ1) is 27.0. The van der Waals surface area contributed by atoms with Gasteiger partial charge in [-0.2, -0.15) is 0 Å². The highest BCUT2D eigenvalue weighted by Crippen LogP contribution is 2.32. The minimum atomic E-state index is -1.13. The summed E-state index contributed by atoms with van der Waals surface area (Å²) in [6, 6.07) is 9.85. The number of anilines is 1. The highest BCUT2D eigenvalue weighted by molar-refractivity contribution is 5.83. The molecule has 3 heterocycles. The van der Waals surface area contributed by atoms with Crippen LogP contribution in [0.2, 0.25) is 0 Å². The van der Waals surface area contributed by atoms with Gasteiger partial charge in [-0.1, -0.05) is 45.0 Å². The third-order valence-corrected chi connectivity index (χ3v) is 6.82. The van der Waals surface area contributed by atoms with Gasteiger partial charge in [-0.05, 0) is 42.6 Å². The number of nitrogen functional groups attached to an aromatic ring is 1. The number of fused-ring (bicyclic) bond motifs is 1. The zero-order chi connectivity index (χ0) is 26.7. The number of carbonyl (C=O) groups is 1. The van der Waals surface area contributed by atoms with Crippen LogP contribution < -0.4 is 11.1 Å². The van der Waals surface area contributed by atoms with Gasteiger partial charge in [0.25, 0.3) is 0 Å². The second-order valence-electron chi connectivity index (χ2n) is 10.9. The van der Waals surface area contributed by atoms with Gasteiger partial charge >= 0.3 is 0 Å². The Morgan fingerprint density at radius 1 is 1.16 bits per heavy atom. The molecule has 0 saturated carbocycles. The highest BCUT2D eigenvalue weighted by Gasteiger charge is 2.44. The molecule has 1 amide bonds. The number of pyridine rings is 1. The summed E-state index contributed by atoms with van der Waals surface area (Å²) in [5.41, 5.74) is 9.78. The number of likely N-dealkylation sites (N-methyl/N-ethyl adjacent to an activating group) is 1. The van der Waals surface area contributed by atoms with Crippen molar-refractivity contribution in [2.45, 2.75) is 63.6 Å². The Morgan fingerprint density at radius 3 is 2.59 bits per heavy atom. The fraction of sp³-hybridized carbons (Fsp3) is 0.519. The van der Waals surface area contributed by atoms with Crippen LogP contribution in [0.3, 0.4) is 0 Å². The summed E-state index contributed by atoms with van der Waals surface area (Å²) in [4.78, 5) is 22.9. The Labute approximate surface area is 217 Å². The maximum Gasteiger partial charge on any atom is 0.224 e. The maximum absolute atomic E-state index is 12.3. The van der Waals surface area contributed by atoms with Crippen LogP contribution >= 0.6 is 0 Å². The number of aromatic nitrogens is 3. The minimum absolute atomic E-state index is 0.00604. The second kappa shape index (κ2) is 11.1. The number of carbonyl (C=O) groups excluding carboxylic acids is 1. The number of hydrogen-bond acceptors (Lipinski definition) is 8. The molecule has 1 aliphatic rings. The van der Waals surface area contributed by atoms with Crippen LogP contribution in [0, 0.1) is 0 Å². The van der Waals surface area contributed by atoms with Crippen molar-refractivity contribution < 1.29 is 19.7 Å². The van der Waals surface area contributed by atoms with Gasteiger partial charge in [0.2, 0.25) is 5.91 Å². The van der Waals surface area contributed by atoms with E-state index in [0.717, 1.165) is 12.0 Å². The molecule has 0 aliphatic carbocycles. The van der Waals surface area contributed by atoms with Crippen LogP contribution in [0.15, 0.2) is 42.9 Å². The van der Waals surface area contributed by atoms with E-state index in [4.69, 9.17) is 10.5 Å². The Balaban J connectivity index is 1.21. The topological polar surface area (TPSA) is 139 Å². The lowest BCUT2D eigenvalue weighted by molar-refractivity contribution is -0.120. The molecule has 37 heavy (non-hydrogen) atoms. The van der Waals surface area contributed by atoms with Crippen molar-refractivity contribution in [1.82, 2.24) is 24.8 Å². The molecule has 10 heteroatoms. The van der Waals surface area contributed by atoms with Crippen molar-refractivity contribution >= 4 is 22.8 Å². The third-order valence-electron chi connectivity index (χ3n) is 6.82. The lowest BCUT2D eigenvalue weighted by atomic mass is 9.86. The van der Waals surface area contributed by atoms with Gasteiger partial charge in [0, 0.05) is 19.3 Å². The number of aliphatic hydroxyl groups is 2. The molecule has 0 spiro atoms. The summed E-state index contributed by atoms with van der Waals surface area (Å²) < 4.78 is 7.62. The number of nitrogens with one attached hydrogen (secondary N) is 1. The zero-order valence-electron chi connectivity index (χ0n) is 22.0. The molecule has 0 bridgehead atoms. The molecule has 2 aromatic heterocycles. The fourth-order valence-corrected chi connectivity index (χ4v) is 4.59. The Morgan fingerprint density at radius 2 is 1.89 bits per heavy atom. The van der Waals surface area contributed by atoms with E-state index >= 15 is 0 Å². The molecule has 4 atom stereocenters. The van der Waals surface area contributed by atoms with Gasteiger partial charge in [0.15, 0.2) is 11.9 Å². The van der Waals surface area contributed by atoms with Gasteiger partial charge in [0.1, 0.15) is 23.8 Å². The first-order chi connectivity index (χ1) is 17.5. The van der Waals surface area contributed by atoms with Crippen molar-refractivity contribution in [3.63, 3.8) is 0 Å². The van der Waals surface area contributed by atoms with Crippen molar-refractivity contribution in [3.05, 3.63) is 54.0 Å². The van der Waals surface area contributed by atoms with Crippen molar-refractivity contribution in [1.29, 1.82) is 0 Å². The molecule has 3 aromatic rings. The second-order valence-corrected chi connectivity index (χ2v) is 10.9. The van der Waals surface area contributed by atoms with E-state index < -0.39 is 24.5 Å². The molecular formula is C27H38N6O4. The molecule has 0 radical (unpaired) electrons. The van der Waals surface area contributed by atoms with E-state index in [9.17, 15) is 15.0 Å². The summed E-state index contributed by atoms with van der Waals surface area (Å²) in [5.74, 6) is -0.00604. The lowest BCUT2D eigenvalue weighted by Gasteiger charge is -2.22. The summed E-state index contributed by atoms with van der Waals surface area (Å²) in [5, 5.41) is 24.2. The number of benzene rings is 1. The van der Waals surface area contributed by atoms with Crippen molar-refractivity contribution in [3.8, 4) is 0 Å². The maximum atomic E-state index is 12.3. The molecule has 2 unspecified atom stereocenters. The number of imidazole rings is 1. The average molecular weight is 511 g/mol. The van der Waals surface area contributed by atoms with Crippen LogP contribution in [0.25, 0.3) is 11.2 Å². The van der Waals surface area contributed by atoms with E-state index in [1.54, 1.807) is 16.8 Å². The van der Waals surface area contributed by atoms with Crippen LogP contribution in [0.4, 0.5) is 5.69 Å². The number of rotatable bonds is 9. The number of aliphatic hydroxyl groups excluding tert-OH is 2. The van der Waals surface area contributed by atoms with E-state index in [0.29, 0.717) is 42.9 Å². The molecule has 1 aliphatic heterocycles. The molecule has 1 aromatic carbocycles. The predicted octanol–water partition coefficient (Wildman–Crippen LogP) is 1.61. The Kier molecular flexibility index (Phi) is 8.13. The first-order valence-electron chi connectivity index (χ1n) is 12.7. The molecule has 1 saturated heterocycles. The first-order valence-corrected chi connectivity index (χ1v) is 12.7. The summed E-state index contributed by atoms with van der Waals surface area (Å²) >= 11 is 0. The molecular weight excluding hydrogens is 472 g/mol. The van der Waals surface area contributed by atoms with E-state index in [1.165, 1.54) is 11.9 Å². The van der Waals surface area contributed by atoms with Crippen molar-refractivity contribution in [2.75, 3.05) is 32.4 Å². The lowest BCUT2D eigenvalue weighted by Crippen LogP contribution is -2.39. The van der Waals surface area contributed by atoms with E-state index in [1.807, 2.05) is 24.1 Å². The molecule has 200 valence electrons.